The molecule has 0 fully saturated rings. The smallest absolute Gasteiger partial charge is 0.416 e. The predicted molar refractivity (Wildman–Crippen MR) is 110 cm³/mol. The number of carbonyl (C=O) groups excluding carboxylic acids is 1. The number of ether oxygens (including phenoxy) is 1. The average Bonchev–Trinajstić information content (AvgIpc) is 3.30. The molecule has 0 unspecified atom stereocenters. The Hall–Kier alpha value is -4.41. The molecule has 11 heteroatoms. The monoisotopic (exact) mass is 440 g/mol. The summed E-state index contributed by atoms with van der Waals surface area (Å²) < 4.78 is 45.6. The first-order valence-electron chi connectivity index (χ1n) is 9.22. The van der Waals surface area contributed by atoms with Crippen LogP contribution in [0.25, 0.3) is 5.82 Å². The Kier molecular flexibility index (Phi) is 5.71. The van der Waals surface area contributed by atoms with Gasteiger partial charge in [0.2, 0.25) is 5.88 Å². The van der Waals surface area contributed by atoms with Gasteiger partial charge in [-0.2, -0.15) is 18.3 Å². The zero-order valence-electron chi connectivity index (χ0n) is 16.2. The van der Waals surface area contributed by atoms with E-state index >= 15 is 0 Å². The van der Waals surface area contributed by atoms with E-state index in [-0.39, 0.29) is 5.69 Å². The van der Waals surface area contributed by atoms with Crippen molar-refractivity contribution in [1.29, 1.82) is 0 Å². The molecule has 0 atom stereocenters. The van der Waals surface area contributed by atoms with Crippen LogP contribution in [-0.2, 0) is 6.18 Å². The summed E-state index contributed by atoms with van der Waals surface area (Å²) in [6, 6.07) is 13.4. The van der Waals surface area contributed by atoms with Gasteiger partial charge in [-0.25, -0.2) is 19.4 Å². The third-order valence-electron chi connectivity index (χ3n) is 4.15. The molecule has 0 aliphatic rings. The van der Waals surface area contributed by atoms with E-state index in [2.05, 4.69) is 25.7 Å². The number of hydrogen-bond acceptors (Lipinski definition) is 5. The van der Waals surface area contributed by atoms with Gasteiger partial charge in [-0.15, -0.1) is 0 Å². The molecule has 2 N–H and O–H groups in total. The number of amides is 2. The topological polar surface area (TPSA) is 94.0 Å². The third kappa shape index (κ3) is 5.19. The summed E-state index contributed by atoms with van der Waals surface area (Å²) in [6.07, 6.45) is 0.210. The summed E-state index contributed by atoms with van der Waals surface area (Å²) >= 11 is 0. The number of rotatable bonds is 5. The van der Waals surface area contributed by atoms with Crippen LogP contribution in [0.2, 0.25) is 0 Å². The molecule has 0 bridgehead atoms. The van der Waals surface area contributed by atoms with E-state index in [0.29, 0.717) is 23.1 Å². The number of nitrogens with one attached hydrogen (secondary N) is 2. The molecule has 0 spiro atoms. The Labute approximate surface area is 179 Å². The number of urea groups is 1. The number of benzene rings is 2. The zero-order chi connectivity index (χ0) is 22.6. The van der Waals surface area contributed by atoms with E-state index in [4.69, 9.17) is 4.74 Å². The first kappa shape index (κ1) is 20.8. The Bertz CT molecular complexity index is 1210. The predicted octanol–water partition coefficient (Wildman–Crippen LogP) is 5.12. The number of aromatic nitrogens is 4. The molecule has 0 aliphatic carbocycles. The minimum absolute atomic E-state index is 0.0222. The van der Waals surface area contributed by atoms with Crippen molar-refractivity contribution >= 4 is 17.4 Å². The van der Waals surface area contributed by atoms with Crippen LogP contribution in [0, 0.1) is 0 Å². The summed E-state index contributed by atoms with van der Waals surface area (Å²) in [5.74, 6) is 1.29. The lowest BCUT2D eigenvalue weighted by atomic mass is 10.2. The van der Waals surface area contributed by atoms with E-state index in [1.54, 1.807) is 53.5 Å². The van der Waals surface area contributed by atoms with Crippen LogP contribution in [0.5, 0.6) is 11.6 Å². The van der Waals surface area contributed by atoms with Crippen molar-refractivity contribution in [3.8, 4) is 17.4 Å². The second-order valence-corrected chi connectivity index (χ2v) is 6.45. The lowest BCUT2D eigenvalue weighted by Gasteiger charge is -2.11. The fourth-order valence-electron chi connectivity index (χ4n) is 2.71. The largest absolute Gasteiger partial charge is 0.439 e. The van der Waals surface area contributed by atoms with Gasteiger partial charge in [0.1, 0.15) is 12.1 Å². The van der Waals surface area contributed by atoms with Gasteiger partial charge < -0.3 is 15.4 Å². The molecule has 0 radical (unpaired) electrons. The van der Waals surface area contributed by atoms with Crippen molar-refractivity contribution in [3.05, 3.63) is 84.9 Å². The molecule has 0 saturated carbocycles. The lowest BCUT2D eigenvalue weighted by molar-refractivity contribution is -0.137. The van der Waals surface area contributed by atoms with Gasteiger partial charge in [0.15, 0.2) is 5.82 Å². The molecule has 0 aliphatic heterocycles. The molecule has 2 aromatic carbocycles. The Morgan fingerprint density at radius 2 is 1.72 bits per heavy atom. The average molecular weight is 440 g/mol. The number of halogens is 3. The van der Waals surface area contributed by atoms with Crippen LogP contribution in [0.4, 0.5) is 29.3 Å². The second kappa shape index (κ2) is 8.76. The molecule has 2 amide bonds. The van der Waals surface area contributed by atoms with Crippen LogP contribution in [-0.4, -0.2) is 25.8 Å². The second-order valence-electron chi connectivity index (χ2n) is 6.45. The maximum absolute atomic E-state index is 12.8. The van der Waals surface area contributed by atoms with Crippen molar-refractivity contribution in [1.82, 2.24) is 19.7 Å². The SMILES string of the molecule is O=C(Nc1ccc(Oc2cc(-n3cccn3)ncn2)cc1)Nc1cccc(C(F)(F)F)c1. The number of nitrogens with zero attached hydrogens (tertiary/aromatic N) is 4. The van der Waals surface area contributed by atoms with Crippen LogP contribution >= 0.6 is 0 Å². The Morgan fingerprint density at radius 1 is 0.938 bits per heavy atom. The third-order valence-corrected chi connectivity index (χ3v) is 4.15. The first-order valence-corrected chi connectivity index (χ1v) is 9.22. The highest BCUT2D eigenvalue weighted by Gasteiger charge is 2.30. The van der Waals surface area contributed by atoms with Gasteiger partial charge in [0.25, 0.3) is 0 Å². The first-order chi connectivity index (χ1) is 15.4. The number of hydrogen-bond donors (Lipinski definition) is 2. The van der Waals surface area contributed by atoms with Crippen LogP contribution < -0.4 is 15.4 Å². The van der Waals surface area contributed by atoms with E-state index in [1.165, 1.54) is 18.5 Å². The molecule has 8 nitrogen and oxygen atoms in total. The summed E-state index contributed by atoms with van der Waals surface area (Å²) in [6.45, 7) is 0. The van der Waals surface area contributed by atoms with Crippen molar-refractivity contribution in [3.63, 3.8) is 0 Å². The molecule has 2 heterocycles. The Balaban J connectivity index is 1.37. The molecule has 2 aromatic heterocycles. The standard InChI is InChI=1S/C21H15F3N6O2/c22-21(23,24)14-3-1-4-16(11-14)29-20(31)28-15-5-7-17(8-6-15)32-19-12-18(25-13-26-19)30-10-2-9-27-30/h1-13H,(H2,28,29,31). The summed E-state index contributed by atoms with van der Waals surface area (Å²) in [7, 11) is 0. The molecular weight excluding hydrogens is 425 g/mol. The minimum atomic E-state index is -4.49. The van der Waals surface area contributed by atoms with E-state index in [9.17, 15) is 18.0 Å². The van der Waals surface area contributed by atoms with Crippen LogP contribution in [0.3, 0.4) is 0 Å². The van der Waals surface area contributed by atoms with Crippen LogP contribution in [0.1, 0.15) is 5.56 Å². The normalized spacial score (nSPS) is 11.1. The highest BCUT2D eigenvalue weighted by atomic mass is 19.4. The van der Waals surface area contributed by atoms with Crippen molar-refractivity contribution in [2.45, 2.75) is 6.18 Å². The van der Waals surface area contributed by atoms with E-state index < -0.39 is 17.8 Å². The summed E-state index contributed by atoms with van der Waals surface area (Å²) in [5, 5.41) is 9.00. The highest BCUT2D eigenvalue weighted by molar-refractivity contribution is 5.99. The lowest BCUT2D eigenvalue weighted by Crippen LogP contribution is -2.19. The van der Waals surface area contributed by atoms with Gasteiger partial charge in [0, 0.05) is 29.8 Å². The number of carbonyl (C=O) groups is 1. The molecule has 0 saturated heterocycles. The van der Waals surface area contributed by atoms with Gasteiger partial charge in [0.05, 0.1) is 5.56 Å². The van der Waals surface area contributed by atoms with Gasteiger partial charge in [-0.3, -0.25) is 0 Å². The maximum Gasteiger partial charge on any atom is 0.416 e. The quantitative estimate of drug-likeness (QED) is 0.449. The summed E-state index contributed by atoms with van der Waals surface area (Å²) in [5.41, 5.74) is -0.409. The maximum atomic E-state index is 12.8. The molecule has 162 valence electrons. The Morgan fingerprint density at radius 3 is 2.44 bits per heavy atom. The molecule has 4 aromatic rings. The fraction of sp³-hybridized carbons (Fsp3) is 0.0476. The number of anilines is 2. The van der Waals surface area contributed by atoms with E-state index in [1.807, 2.05) is 0 Å². The molecular formula is C21H15F3N6O2. The van der Waals surface area contributed by atoms with Gasteiger partial charge in [-0.05, 0) is 48.5 Å². The van der Waals surface area contributed by atoms with Crippen molar-refractivity contribution in [2.75, 3.05) is 10.6 Å². The van der Waals surface area contributed by atoms with Gasteiger partial charge in [-0.1, -0.05) is 6.07 Å². The van der Waals surface area contributed by atoms with Crippen molar-refractivity contribution in [2.24, 2.45) is 0 Å². The zero-order valence-corrected chi connectivity index (χ0v) is 16.2. The highest BCUT2D eigenvalue weighted by Crippen LogP contribution is 2.30. The molecule has 4 rings (SSSR count). The summed E-state index contributed by atoms with van der Waals surface area (Å²) in [4.78, 5) is 20.3. The fourth-order valence-corrected chi connectivity index (χ4v) is 2.71. The minimum Gasteiger partial charge on any atom is -0.439 e. The van der Waals surface area contributed by atoms with Crippen LogP contribution in [0.15, 0.2) is 79.4 Å². The number of alkyl halides is 3. The molecule has 32 heavy (non-hydrogen) atoms. The van der Waals surface area contributed by atoms with Crippen molar-refractivity contribution < 1.29 is 22.7 Å². The van der Waals surface area contributed by atoms with Gasteiger partial charge >= 0.3 is 12.2 Å². The van der Waals surface area contributed by atoms with E-state index in [0.717, 1.165) is 12.1 Å².